The first kappa shape index (κ1) is 19.9. The highest BCUT2D eigenvalue weighted by molar-refractivity contribution is 5.97. The highest BCUT2D eigenvalue weighted by atomic mass is 16.2. The Morgan fingerprint density at radius 3 is 2.42 bits per heavy atom. The standard InChI is InChI=1S/C20H29N3O3/c1-5-17(24)23-11-7-8-14(13-23)18(25)21-15-9-6-10-16(12-15)22-19(26)20(2,3)4/h6,9-10,12,14H,5,7-8,11,13H2,1-4H3,(H,21,25)(H,22,26). The molecule has 3 amide bonds. The van der Waals surface area contributed by atoms with Gasteiger partial charge in [-0.25, -0.2) is 0 Å². The Morgan fingerprint density at radius 2 is 1.81 bits per heavy atom. The Kier molecular flexibility index (Phi) is 6.40. The average Bonchev–Trinajstić information content (AvgIpc) is 2.60. The molecule has 6 nitrogen and oxygen atoms in total. The molecule has 0 aromatic heterocycles. The van der Waals surface area contributed by atoms with Crippen molar-refractivity contribution in [3.05, 3.63) is 24.3 Å². The van der Waals surface area contributed by atoms with Crippen LogP contribution in [-0.2, 0) is 14.4 Å². The van der Waals surface area contributed by atoms with Crippen molar-refractivity contribution >= 4 is 29.1 Å². The molecule has 2 N–H and O–H groups in total. The fourth-order valence-corrected chi connectivity index (χ4v) is 2.88. The minimum atomic E-state index is -0.489. The summed E-state index contributed by atoms with van der Waals surface area (Å²) < 4.78 is 0. The van der Waals surface area contributed by atoms with Crippen molar-refractivity contribution in [3.63, 3.8) is 0 Å². The number of piperidine rings is 1. The zero-order valence-electron chi connectivity index (χ0n) is 16.1. The fraction of sp³-hybridized carbons (Fsp3) is 0.550. The van der Waals surface area contributed by atoms with Gasteiger partial charge in [-0.1, -0.05) is 33.8 Å². The van der Waals surface area contributed by atoms with Gasteiger partial charge in [-0.05, 0) is 31.0 Å². The summed E-state index contributed by atoms with van der Waals surface area (Å²) in [6, 6.07) is 7.13. The number of likely N-dealkylation sites (tertiary alicyclic amines) is 1. The number of carbonyl (C=O) groups excluding carboxylic acids is 3. The summed E-state index contributed by atoms with van der Waals surface area (Å²) in [5.41, 5.74) is 0.797. The van der Waals surface area contributed by atoms with Crippen LogP contribution in [-0.4, -0.2) is 35.7 Å². The maximum atomic E-state index is 12.6. The third kappa shape index (κ3) is 5.31. The van der Waals surface area contributed by atoms with Crippen LogP contribution < -0.4 is 10.6 Å². The van der Waals surface area contributed by atoms with Crippen LogP contribution in [0.15, 0.2) is 24.3 Å². The second-order valence-corrected chi connectivity index (χ2v) is 7.81. The van der Waals surface area contributed by atoms with Gasteiger partial charge in [0.15, 0.2) is 0 Å². The van der Waals surface area contributed by atoms with Crippen LogP contribution in [0.5, 0.6) is 0 Å². The molecule has 6 heteroatoms. The van der Waals surface area contributed by atoms with Gasteiger partial charge < -0.3 is 15.5 Å². The van der Waals surface area contributed by atoms with E-state index in [0.29, 0.717) is 24.3 Å². The lowest BCUT2D eigenvalue weighted by Gasteiger charge is -2.32. The van der Waals surface area contributed by atoms with Crippen LogP contribution >= 0.6 is 0 Å². The number of hydrogen-bond donors (Lipinski definition) is 2. The van der Waals surface area contributed by atoms with Crippen LogP contribution in [0.25, 0.3) is 0 Å². The highest BCUT2D eigenvalue weighted by Gasteiger charge is 2.28. The predicted molar refractivity (Wildman–Crippen MR) is 103 cm³/mol. The number of anilines is 2. The smallest absolute Gasteiger partial charge is 0.229 e. The minimum Gasteiger partial charge on any atom is -0.342 e. The summed E-state index contributed by atoms with van der Waals surface area (Å²) in [7, 11) is 0. The zero-order chi connectivity index (χ0) is 19.3. The largest absolute Gasteiger partial charge is 0.342 e. The molecule has 142 valence electrons. The number of carbonyl (C=O) groups is 3. The third-order valence-corrected chi connectivity index (χ3v) is 4.52. The second kappa shape index (κ2) is 8.34. The van der Waals surface area contributed by atoms with Crippen molar-refractivity contribution in [2.45, 2.75) is 47.0 Å². The van der Waals surface area contributed by atoms with E-state index in [1.54, 1.807) is 29.2 Å². The van der Waals surface area contributed by atoms with E-state index in [4.69, 9.17) is 0 Å². The van der Waals surface area contributed by atoms with Crippen LogP contribution in [0.2, 0.25) is 0 Å². The summed E-state index contributed by atoms with van der Waals surface area (Å²) in [5, 5.41) is 5.77. The minimum absolute atomic E-state index is 0.0815. The van der Waals surface area contributed by atoms with Crippen molar-refractivity contribution in [1.29, 1.82) is 0 Å². The van der Waals surface area contributed by atoms with Crippen molar-refractivity contribution in [2.75, 3.05) is 23.7 Å². The molecule has 1 aliphatic heterocycles. The van der Waals surface area contributed by atoms with Crippen LogP contribution in [0.4, 0.5) is 11.4 Å². The number of nitrogens with one attached hydrogen (secondary N) is 2. The quantitative estimate of drug-likeness (QED) is 0.866. The maximum Gasteiger partial charge on any atom is 0.229 e. The lowest BCUT2D eigenvalue weighted by atomic mass is 9.95. The summed E-state index contributed by atoms with van der Waals surface area (Å²) in [4.78, 5) is 38.3. The SMILES string of the molecule is CCC(=O)N1CCCC(C(=O)Nc2cccc(NC(=O)C(C)(C)C)c2)C1. The van der Waals surface area contributed by atoms with E-state index in [1.807, 2.05) is 27.7 Å². The van der Waals surface area contributed by atoms with Crippen molar-refractivity contribution in [1.82, 2.24) is 4.90 Å². The average molecular weight is 359 g/mol. The van der Waals surface area contributed by atoms with Gasteiger partial charge in [0, 0.05) is 36.3 Å². The van der Waals surface area contributed by atoms with Crippen molar-refractivity contribution in [3.8, 4) is 0 Å². The molecule has 0 saturated carbocycles. The molecule has 0 bridgehead atoms. The van der Waals surface area contributed by atoms with E-state index in [-0.39, 0.29) is 23.6 Å². The summed E-state index contributed by atoms with van der Waals surface area (Å²) in [6.07, 6.45) is 2.08. The van der Waals surface area contributed by atoms with E-state index < -0.39 is 5.41 Å². The molecule has 2 rings (SSSR count). The lowest BCUT2D eigenvalue weighted by molar-refractivity contribution is -0.134. The van der Waals surface area contributed by atoms with Crippen LogP contribution in [0.3, 0.4) is 0 Å². The van der Waals surface area contributed by atoms with Crippen LogP contribution in [0.1, 0.15) is 47.0 Å². The van der Waals surface area contributed by atoms with Gasteiger partial charge >= 0.3 is 0 Å². The Bertz CT molecular complexity index is 679. The second-order valence-electron chi connectivity index (χ2n) is 7.81. The molecule has 0 spiro atoms. The van der Waals surface area contributed by atoms with Crippen molar-refractivity contribution in [2.24, 2.45) is 11.3 Å². The zero-order valence-corrected chi connectivity index (χ0v) is 16.1. The first-order chi connectivity index (χ1) is 12.2. The molecular weight excluding hydrogens is 330 g/mol. The number of amides is 3. The molecule has 26 heavy (non-hydrogen) atoms. The lowest BCUT2D eigenvalue weighted by Crippen LogP contribution is -2.43. The number of benzene rings is 1. The van der Waals surface area contributed by atoms with Crippen LogP contribution in [0, 0.1) is 11.3 Å². The monoisotopic (exact) mass is 359 g/mol. The Morgan fingerprint density at radius 1 is 1.15 bits per heavy atom. The summed E-state index contributed by atoms with van der Waals surface area (Å²) in [6.45, 7) is 8.58. The summed E-state index contributed by atoms with van der Waals surface area (Å²) in [5.74, 6) is -0.277. The molecular formula is C20H29N3O3. The Hall–Kier alpha value is -2.37. The molecule has 1 unspecified atom stereocenters. The Balaban J connectivity index is 1.99. The molecule has 1 aromatic rings. The van der Waals surface area contributed by atoms with Gasteiger partial charge in [0.05, 0.1) is 5.92 Å². The first-order valence-electron chi connectivity index (χ1n) is 9.21. The fourth-order valence-electron chi connectivity index (χ4n) is 2.88. The molecule has 1 saturated heterocycles. The molecule has 0 radical (unpaired) electrons. The third-order valence-electron chi connectivity index (χ3n) is 4.52. The molecule has 0 aliphatic carbocycles. The van der Waals surface area contributed by atoms with Gasteiger partial charge in [0.2, 0.25) is 17.7 Å². The van der Waals surface area contributed by atoms with E-state index in [9.17, 15) is 14.4 Å². The van der Waals surface area contributed by atoms with Gasteiger partial charge in [0.25, 0.3) is 0 Å². The van der Waals surface area contributed by atoms with E-state index >= 15 is 0 Å². The number of rotatable bonds is 4. The van der Waals surface area contributed by atoms with Gasteiger partial charge in [-0.15, -0.1) is 0 Å². The van der Waals surface area contributed by atoms with E-state index in [1.165, 1.54) is 0 Å². The first-order valence-corrected chi connectivity index (χ1v) is 9.21. The maximum absolute atomic E-state index is 12.6. The molecule has 1 atom stereocenters. The normalized spacial score (nSPS) is 17.5. The van der Waals surface area contributed by atoms with Gasteiger partial charge in [0.1, 0.15) is 0 Å². The Labute approximate surface area is 155 Å². The topological polar surface area (TPSA) is 78.5 Å². The van der Waals surface area contributed by atoms with Gasteiger partial charge in [-0.2, -0.15) is 0 Å². The number of nitrogens with zero attached hydrogens (tertiary/aromatic N) is 1. The highest BCUT2D eigenvalue weighted by Crippen LogP contribution is 2.22. The number of hydrogen-bond acceptors (Lipinski definition) is 3. The van der Waals surface area contributed by atoms with Crippen molar-refractivity contribution < 1.29 is 14.4 Å². The predicted octanol–water partition coefficient (Wildman–Crippen LogP) is 3.26. The molecule has 1 fully saturated rings. The molecule has 1 aromatic carbocycles. The summed E-state index contributed by atoms with van der Waals surface area (Å²) >= 11 is 0. The molecule has 1 heterocycles. The van der Waals surface area contributed by atoms with E-state index in [2.05, 4.69) is 10.6 Å². The van der Waals surface area contributed by atoms with E-state index in [0.717, 1.165) is 19.4 Å². The van der Waals surface area contributed by atoms with Gasteiger partial charge in [-0.3, -0.25) is 14.4 Å². The molecule has 1 aliphatic rings.